The van der Waals surface area contributed by atoms with E-state index in [9.17, 15) is 18.4 Å². The summed E-state index contributed by atoms with van der Waals surface area (Å²) in [5, 5.41) is 2.33. The van der Waals surface area contributed by atoms with E-state index in [2.05, 4.69) is 5.32 Å². The maximum absolute atomic E-state index is 13.5. The van der Waals surface area contributed by atoms with Crippen molar-refractivity contribution in [2.75, 3.05) is 0 Å². The maximum atomic E-state index is 13.5. The Kier molecular flexibility index (Phi) is 4.77. The Balaban J connectivity index is 2.12. The van der Waals surface area contributed by atoms with Crippen molar-refractivity contribution >= 4 is 12.2 Å². The highest BCUT2D eigenvalue weighted by atomic mass is 19.1. The van der Waals surface area contributed by atoms with E-state index in [1.165, 1.54) is 6.07 Å². The van der Waals surface area contributed by atoms with Gasteiger partial charge < -0.3 is 10.1 Å². The minimum absolute atomic E-state index is 0.256. The van der Waals surface area contributed by atoms with Crippen LogP contribution in [-0.4, -0.2) is 18.2 Å². The molecule has 0 aliphatic rings. The van der Waals surface area contributed by atoms with Crippen molar-refractivity contribution < 1.29 is 18.4 Å². The van der Waals surface area contributed by atoms with E-state index in [-0.39, 0.29) is 6.42 Å². The molecule has 0 radical (unpaired) electrons. The molecule has 108 valence electrons. The summed E-state index contributed by atoms with van der Waals surface area (Å²) in [5.41, 5.74) is 0.154. The van der Waals surface area contributed by atoms with Gasteiger partial charge in [0.25, 0.3) is 5.91 Å². The van der Waals surface area contributed by atoms with Crippen LogP contribution in [0.4, 0.5) is 8.78 Å². The zero-order chi connectivity index (χ0) is 15.2. The van der Waals surface area contributed by atoms with Crippen molar-refractivity contribution in [1.82, 2.24) is 5.32 Å². The summed E-state index contributed by atoms with van der Waals surface area (Å²) in [5.74, 6) is -2.87. The highest BCUT2D eigenvalue weighted by Crippen LogP contribution is 2.12. The Morgan fingerprint density at radius 3 is 2.24 bits per heavy atom. The maximum Gasteiger partial charge on any atom is 0.257 e. The molecule has 5 heteroatoms. The first-order valence-corrected chi connectivity index (χ1v) is 6.36. The van der Waals surface area contributed by atoms with Crippen molar-refractivity contribution in [1.29, 1.82) is 0 Å². The number of benzene rings is 2. The van der Waals surface area contributed by atoms with Gasteiger partial charge in [0.2, 0.25) is 0 Å². The van der Waals surface area contributed by atoms with E-state index in [1.807, 2.05) is 6.07 Å². The number of rotatable bonds is 5. The summed E-state index contributed by atoms with van der Waals surface area (Å²) in [6.45, 7) is 0. The summed E-state index contributed by atoms with van der Waals surface area (Å²) in [6, 6.07) is 11.3. The van der Waals surface area contributed by atoms with Gasteiger partial charge in [-0.15, -0.1) is 0 Å². The van der Waals surface area contributed by atoms with Gasteiger partial charge in [-0.1, -0.05) is 36.4 Å². The normalized spacial score (nSPS) is 11.7. The molecule has 0 saturated carbocycles. The molecule has 1 amide bonds. The minimum atomic E-state index is -0.961. The molecular formula is C16H13F2NO2. The third kappa shape index (κ3) is 3.72. The van der Waals surface area contributed by atoms with Gasteiger partial charge in [-0.3, -0.25) is 4.79 Å². The molecule has 2 aromatic carbocycles. The molecule has 21 heavy (non-hydrogen) atoms. The number of amides is 1. The molecule has 2 rings (SSSR count). The largest absolute Gasteiger partial charge is 0.342 e. The lowest BCUT2D eigenvalue weighted by molar-refractivity contribution is -0.109. The Morgan fingerprint density at radius 1 is 1.05 bits per heavy atom. The van der Waals surface area contributed by atoms with E-state index in [0.29, 0.717) is 6.29 Å². The van der Waals surface area contributed by atoms with E-state index in [4.69, 9.17) is 0 Å². The number of halogens is 2. The molecule has 0 spiro atoms. The molecule has 0 aliphatic carbocycles. The van der Waals surface area contributed by atoms with Gasteiger partial charge in [0.05, 0.1) is 6.04 Å². The summed E-state index contributed by atoms with van der Waals surface area (Å²) >= 11 is 0. The average Bonchev–Trinajstić information content (AvgIpc) is 2.47. The van der Waals surface area contributed by atoms with Crippen molar-refractivity contribution in [2.24, 2.45) is 0 Å². The molecular weight excluding hydrogens is 276 g/mol. The van der Waals surface area contributed by atoms with Gasteiger partial charge in [-0.05, 0) is 24.1 Å². The Morgan fingerprint density at radius 2 is 1.67 bits per heavy atom. The van der Waals surface area contributed by atoms with Gasteiger partial charge in [0.1, 0.15) is 23.5 Å². The number of nitrogens with one attached hydrogen (secondary N) is 1. The first-order valence-electron chi connectivity index (χ1n) is 6.36. The Labute approximate surface area is 120 Å². The van der Waals surface area contributed by atoms with Crippen LogP contribution in [-0.2, 0) is 11.2 Å². The Bertz CT molecular complexity index is 624. The van der Waals surface area contributed by atoms with Crippen LogP contribution < -0.4 is 5.32 Å². The third-order valence-electron chi connectivity index (χ3n) is 2.97. The van der Waals surface area contributed by atoms with Crippen molar-refractivity contribution in [3.05, 3.63) is 71.3 Å². The van der Waals surface area contributed by atoms with Crippen LogP contribution in [0.25, 0.3) is 0 Å². The van der Waals surface area contributed by atoms with Crippen LogP contribution in [0.1, 0.15) is 15.9 Å². The van der Waals surface area contributed by atoms with Crippen LogP contribution in [0.15, 0.2) is 48.5 Å². The summed E-state index contributed by atoms with van der Waals surface area (Å²) in [4.78, 5) is 22.9. The second-order valence-electron chi connectivity index (χ2n) is 4.50. The molecule has 0 aliphatic heterocycles. The highest BCUT2D eigenvalue weighted by Gasteiger charge is 2.20. The van der Waals surface area contributed by atoms with Crippen LogP contribution in [0, 0.1) is 11.6 Å². The minimum Gasteiger partial charge on any atom is -0.342 e. The molecule has 0 saturated heterocycles. The smallest absolute Gasteiger partial charge is 0.257 e. The third-order valence-corrected chi connectivity index (χ3v) is 2.97. The second kappa shape index (κ2) is 6.74. The van der Waals surface area contributed by atoms with Crippen molar-refractivity contribution in [3.63, 3.8) is 0 Å². The average molecular weight is 289 g/mol. The molecule has 0 fully saturated rings. The van der Waals surface area contributed by atoms with Crippen LogP contribution >= 0.6 is 0 Å². The zero-order valence-corrected chi connectivity index (χ0v) is 11.1. The molecule has 1 atom stereocenters. The van der Waals surface area contributed by atoms with Gasteiger partial charge in [0.15, 0.2) is 0 Å². The van der Waals surface area contributed by atoms with E-state index in [1.54, 1.807) is 24.3 Å². The number of hydrogen-bond donors (Lipinski definition) is 1. The first-order chi connectivity index (χ1) is 10.1. The van der Waals surface area contributed by atoms with E-state index < -0.39 is 29.1 Å². The molecule has 1 unspecified atom stereocenters. The number of carbonyl (C=O) groups excluding carboxylic acids is 2. The fourth-order valence-corrected chi connectivity index (χ4v) is 1.96. The van der Waals surface area contributed by atoms with Crippen LogP contribution in [0.2, 0.25) is 0 Å². The van der Waals surface area contributed by atoms with Gasteiger partial charge >= 0.3 is 0 Å². The van der Waals surface area contributed by atoms with Crippen molar-refractivity contribution in [3.8, 4) is 0 Å². The lowest BCUT2D eigenvalue weighted by atomic mass is 10.1. The van der Waals surface area contributed by atoms with Gasteiger partial charge in [0, 0.05) is 0 Å². The van der Waals surface area contributed by atoms with E-state index in [0.717, 1.165) is 17.7 Å². The Hall–Kier alpha value is -2.56. The fraction of sp³-hybridized carbons (Fsp3) is 0.125. The molecule has 2 aromatic rings. The molecule has 1 N–H and O–H groups in total. The fourth-order valence-electron chi connectivity index (χ4n) is 1.96. The highest BCUT2D eigenvalue weighted by molar-refractivity contribution is 5.96. The monoisotopic (exact) mass is 289 g/mol. The summed E-state index contributed by atoms with van der Waals surface area (Å²) in [6.07, 6.45) is 0.801. The molecule has 0 heterocycles. The summed E-state index contributed by atoms with van der Waals surface area (Å²) in [7, 11) is 0. The number of aldehydes is 1. The predicted octanol–water partition coefficient (Wildman–Crippen LogP) is 2.50. The molecule has 0 aromatic heterocycles. The first kappa shape index (κ1) is 14.8. The number of carbonyl (C=O) groups is 2. The standard InChI is InChI=1S/C16H13F2NO2/c17-13-7-4-8-14(18)15(13)16(21)19-12(10-20)9-11-5-2-1-3-6-11/h1-8,10,12H,9H2,(H,19,21). The molecule has 3 nitrogen and oxygen atoms in total. The van der Waals surface area contributed by atoms with Crippen LogP contribution in [0.3, 0.4) is 0 Å². The van der Waals surface area contributed by atoms with E-state index >= 15 is 0 Å². The number of hydrogen-bond acceptors (Lipinski definition) is 2. The lowest BCUT2D eigenvalue weighted by Crippen LogP contribution is -2.38. The van der Waals surface area contributed by atoms with Crippen molar-refractivity contribution in [2.45, 2.75) is 12.5 Å². The zero-order valence-electron chi connectivity index (χ0n) is 11.1. The SMILES string of the molecule is O=CC(Cc1ccccc1)NC(=O)c1c(F)cccc1F. The second-order valence-corrected chi connectivity index (χ2v) is 4.50. The van der Waals surface area contributed by atoms with Gasteiger partial charge in [-0.25, -0.2) is 8.78 Å². The predicted molar refractivity (Wildman–Crippen MR) is 73.8 cm³/mol. The van der Waals surface area contributed by atoms with Crippen LogP contribution in [0.5, 0.6) is 0 Å². The van der Waals surface area contributed by atoms with Gasteiger partial charge in [-0.2, -0.15) is 0 Å². The topological polar surface area (TPSA) is 46.2 Å². The quantitative estimate of drug-likeness (QED) is 0.860. The molecule has 0 bridgehead atoms. The summed E-state index contributed by atoms with van der Waals surface area (Å²) < 4.78 is 27.0. The lowest BCUT2D eigenvalue weighted by Gasteiger charge is -2.13.